The summed E-state index contributed by atoms with van der Waals surface area (Å²) in [7, 11) is -1.83. The quantitative estimate of drug-likeness (QED) is 0.0884. The van der Waals surface area contributed by atoms with Gasteiger partial charge in [0.05, 0.1) is 19.6 Å². The molecule has 0 spiro atoms. The van der Waals surface area contributed by atoms with Gasteiger partial charge < -0.3 is 14.7 Å². The van der Waals surface area contributed by atoms with Crippen LogP contribution >= 0.6 is 0 Å². The summed E-state index contributed by atoms with van der Waals surface area (Å²) in [6, 6.07) is 42.2. The molecule has 7 aromatic carbocycles. The number of nitrogens with zero attached hydrogens (tertiary/aromatic N) is 2. The van der Waals surface area contributed by atoms with Crippen LogP contribution in [0.15, 0.2) is 121 Å². The average Bonchev–Trinajstić information content (AvgIpc) is 3.37. The highest BCUT2D eigenvalue weighted by Gasteiger charge is 2.29. The third kappa shape index (κ3) is 5.98. The molecule has 238 valence electrons. The van der Waals surface area contributed by atoms with E-state index in [4.69, 9.17) is 14.7 Å². The SMILES string of the molecule is OB(O)Oc1cccc2ccc3cc4ccccc4cc3c12.c1ccc2c(CN3CCC[N+]4=C3CCCCC4)c3ccccc3cc2c1. The summed E-state index contributed by atoms with van der Waals surface area (Å²) < 4.78 is 7.83. The molecule has 0 atom stereocenters. The van der Waals surface area contributed by atoms with Gasteiger partial charge in [-0.2, -0.15) is 0 Å². The molecule has 0 amide bonds. The number of amidine groups is 1. The largest absolute Gasteiger partial charge is 0.707 e. The van der Waals surface area contributed by atoms with Gasteiger partial charge in [-0.1, -0.05) is 97.1 Å². The van der Waals surface area contributed by atoms with Crippen molar-refractivity contribution in [1.82, 2.24) is 4.90 Å². The highest BCUT2D eigenvalue weighted by molar-refractivity contribution is 6.34. The number of rotatable bonds is 4. The Morgan fingerprint density at radius 3 is 1.94 bits per heavy atom. The monoisotopic (exact) mass is 631 g/mol. The Hall–Kier alpha value is -4.91. The van der Waals surface area contributed by atoms with Gasteiger partial charge >= 0.3 is 7.32 Å². The normalized spacial score (nSPS) is 15.0. The molecular weight excluding hydrogens is 591 g/mol. The van der Waals surface area contributed by atoms with E-state index in [2.05, 4.69) is 94.4 Å². The van der Waals surface area contributed by atoms with Gasteiger partial charge in [-0.15, -0.1) is 0 Å². The Morgan fingerprint density at radius 2 is 1.19 bits per heavy atom. The molecule has 2 aliphatic rings. The van der Waals surface area contributed by atoms with Gasteiger partial charge in [0.15, 0.2) is 0 Å². The standard InChI is InChI=1S/C24H27N2.C18H13BO3/c1-2-13-24-25(14-7-1)15-8-16-26(24)18-23-21-11-5-3-9-19(21)17-20-10-4-6-12-22(20)23;20-19(21)22-17-7-3-6-12-8-9-15-10-13-4-1-2-5-14(13)11-16(15)18(12)17/h3-6,9-12,17H,1-2,7-8,13-16,18H2;1-11,20-21H/q+1;. The van der Waals surface area contributed by atoms with Crippen molar-refractivity contribution >= 4 is 67.0 Å². The molecule has 0 saturated heterocycles. The van der Waals surface area contributed by atoms with Gasteiger partial charge in [-0.3, -0.25) is 9.48 Å². The molecule has 0 unspecified atom stereocenters. The molecule has 2 heterocycles. The van der Waals surface area contributed by atoms with Gasteiger partial charge in [-0.25, -0.2) is 0 Å². The maximum Gasteiger partial charge on any atom is 0.707 e. The van der Waals surface area contributed by atoms with E-state index < -0.39 is 7.32 Å². The van der Waals surface area contributed by atoms with Crippen molar-refractivity contribution < 1.29 is 19.3 Å². The summed E-state index contributed by atoms with van der Waals surface area (Å²) in [5, 5.41) is 30.2. The summed E-state index contributed by atoms with van der Waals surface area (Å²) in [6.07, 6.45) is 6.62. The summed E-state index contributed by atoms with van der Waals surface area (Å²) in [5.41, 5.74) is 1.50. The second-order valence-electron chi connectivity index (χ2n) is 13.1. The molecule has 0 bridgehead atoms. The molecule has 6 heteroatoms. The van der Waals surface area contributed by atoms with E-state index in [0.29, 0.717) is 5.75 Å². The Morgan fingerprint density at radius 1 is 0.583 bits per heavy atom. The molecule has 0 saturated carbocycles. The van der Waals surface area contributed by atoms with Crippen LogP contribution in [-0.2, 0) is 6.54 Å². The first kappa shape index (κ1) is 30.4. The summed E-state index contributed by atoms with van der Waals surface area (Å²) >= 11 is 0. The Bertz CT molecular complexity index is 2260. The first-order chi connectivity index (χ1) is 23.6. The lowest BCUT2D eigenvalue weighted by molar-refractivity contribution is -0.539. The fraction of sp³-hybridized carbons (Fsp3) is 0.214. The number of hydrogen-bond donors (Lipinski definition) is 2. The minimum atomic E-state index is -1.83. The third-order valence-electron chi connectivity index (χ3n) is 10.1. The fourth-order valence-corrected chi connectivity index (χ4v) is 7.85. The van der Waals surface area contributed by atoms with Crippen LogP contribution in [0.4, 0.5) is 0 Å². The lowest BCUT2D eigenvalue weighted by Crippen LogP contribution is -2.43. The van der Waals surface area contributed by atoms with Crippen molar-refractivity contribution in [2.45, 2.75) is 38.6 Å². The van der Waals surface area contributed by atoms with E-state index in [1.165, 1.54) is 84.2 Å². The first-order valence-corrected chi connectivity index (χ1v) is 17.2. The molecule has 48 heavy (non-hydrogen) atoms. The topological polar surface area (TPSA) is 55.9 Å². The zero-order valence-electron chi connectivity index (χ0n) is 27.2. The highest BCUT2D eigenvalue weighted by atomic mass is 16.6. The molecule has 2 aliphatic heterocycles. The van der Waals surface area contributed by atoms with Crippen LogP contribution in [0, 0.1) is 0 Å². The molecule has 0 aliphatic carbocycles. The van der Waals surface area contributed by atoms with E-state index in [-0.39, 0.29) is 0 Å². The van der Waals surface area contributed by atoms with Crippen molar-refractivity contribution in [3.63, 3.8) is 0 Å². The minimum Gasteiger partial charge on any atom is -0.511 e. The van der Waals surface area contributed by atoms with Gasteiger partial charge in [0.25, 0.3) is 0 Å². The van der Waals surface area contributed by atoms with Crippen LogP contribution in [0.2, 0.25) is 0 Å². The summed E-state index contributed by atoms with van der Waals surface area (Å²) in [5.74, 6) is 2.07. The Balaban J connectivity index is 0.000000142. The van der Waals surface area contributed by atoms with Crippen molar-refractivity contribution in [3.05, 3.63) is 127 Å². The lowest BCUT2D eigenvalue weighted by atomic mass is 9.96. The van der Waals surface area contributed by atoms with Gasteiger partial charge in [0.2, 0.25) is 5.84 Å². The van der Waals surface area contributed by atoms with E-state index >= 15 is 0 Å². The van der Waals surface area contributed by atoms with Crippen LogP contribution in [0.5, 0.6) is 5.75 Å². The molecular formula is C42H40BN2O3+. The highest BCUT2D eigenvalue weighted by Crippen LogP contribution is 2.35. The van der Waals surface area contributed by atoms with E-state index in [9.17, 15) is 0 Å². The fourth-order valence-electron chi connectivity index (χ4n) is 7.85. The molecule has 5 nitrogen and oxygen atoms in total. The third-order valence-corrected chi connectivity index (χ3v) is 10.1. The first-order valence-electron chi connectivity index (χ1n) is 17.2. The van der Waals surface area contributed by atoms with Crippen LogP contribution in [0.3, 0.4) is 0 Å². The minimum absolute atomic E-state index is 0.466. The van der Waals surface area contributed by atoms with E-state index in [1.807, 2.05) is 30.3 Å². The van der Waals surface area contributed by atoms with Gasteiger partial charge in [0, 0.05) is 23.8 Å². The maximum absolute atomic E-state index is 9.14. The van der Waals surface area contributed by atoms with Crippen LogP contribution in [0.25, 0.3) is 53.9 Å². The second-order valence-corrected chi connectivity index (χ2v) is 13.1. The Labute approximate surface area is 281 Å². The Kier molecular flexibility index (Phi) is 8.44. The number of fused-ring (bicyclic) bond motifs is 6. The van der Waals surface area contributed by atoms with Crippen molar-refractivity contribution in [1.29, 1.82) is 0 Å². The van der Waals surface area contributed by atoms with Crippen molar-refractivity contribution in [3.8, 4) is 5.75 Å². The smallest absolute Gasteiger partial charge is 0.511 e. The van der Waals surface area contributed by atoms with E-state index in [0.717, 1.165) is 33.5 Å². The molecule has 0 aromatic heterocycles. The molecule has 7 aromatic rings. The lowest BCUT2D eigenvalue weighted by Gasteiger charge is -2.27. The van der Waals surface area contributed by atoms with Gasteiger partial charge in [0.1, 0.15) is 12.3 Å². The second kappa shape index (κ2) is 13.3. The zero-order valence-corrected chi connectivity index (χ0v) is 27.2. The summed E-state index contributed by atoms with van der Waals surface area (Å²) in [6.45, 7) is 4.74. The number of hydrogen-bond acceptors (Lipinski definition) is 4. The van der Waals surface area contributed by atoms with E-state index in [1.54, 1.807) is 11.9 Å². The van der Waals surface area contributed by atoms with Crippen molar-refractivity contribution in [2.75, 3.05) is 19.6 Å². The molecule has 0 fully saturated rings. The summed E-state index contributed by atoms with van der Waals surface area (Å²) in [4.78, 5) is 2.68. The average molecular weight is 632 g/mol. The maximum atomic E-state index is 9.14. The predicted molar refractivity (Wildman–Crippen MR) is 200 cm³/mol. The predicted octanol–water partition coefficient (Wildman–Crippen LogP) is 8.68. The molecule has 2 N–H and O–H groups in total. The van der Waals surface area contributed by atoms with Crippen LogP contribution in [-0.4, -0.2) is 52.3 Å². The van der Waals surface area contributed by atoms with Gasteiger partial charge in [-0.05, 0) is 92.0 Å². The van der Waals surface area contributed by atoms with Crippen molar-refractivity contribution in [2.24, 2.45) is 0 Å². The molecule has 0 radical (unpaired) electrons. The molecule has 9 rings (SSSR count). The zero-order chi connectivity index (χ0) is 32.5. The van der Waals surface area contributed by atoms with Crippen LogP contribution in [0.1, 0.15) is 37.7 Å². The number of benzene rings is 7. The van der Waals surface area contributed by atoms with Crippen LogP contribution < -0.4 is 4.65 Å².